The van der Waals surface area contributed by atoms with Crippen LogP contribution in [0.1, 0.15) is 37.7 Å². The first-order chi connectivity index (χ1) is 10.6. The second kappa shape index (κ2) is 5.71. The Labute approximate surface area is 131 Å². The fourth-order valence-corrected chi connectivity index (χ4v) is 3.89. The number of hydrogen-bond acceptors (Lipinski definition) is 3. The van der Waals surface area contributed by atoms with E-state index in [4.69, 9.17) is 0 Å². The molecule has 2 heterocycles. The number of nitrogens with zero attached hydrogens (tertiary/aromatic N) is 3. The molecular weight excluding hydrogens is 278 g/mol. The standard InChI is InChI=1S/C17H23N3O2/c1-19-11-7-14(15(19)21)20(2)16(22)17(8-3-4-9-17)13-6-5-10-18-12-13/h5-6,10,12,14H,3-4,7-9,11H2,1-2H3. The number of likely N-dealkylation sites (tertiary alicyclic amines) is 1. The molecule has 1 saturated heterocycles. The molecule has 0 N–H and O–H groups in total. The van der Waals surface area contributed by atoms with E-state index in [-0.39, 0.29) is 17.9 Å². The van der Waals surface area contributed by atoms with E-state index in [0.29, 0.717) is 0 Å². The molecule has 0 aromatic carbocycles. The van der Waals surface area contributed by atoms with Crippen molar-refractivity contribution in [2.75, 3.05) is 20.6 Å². The molecule has 1 atom stereocenters. The quantitative estimate of drug-likeness (QED) is 0.852. The molecular formula is C17H23N3O2. The molecule has 2 amide bonds. The Balaban J connectivity index is 1.89. The van der Waals surface area contributed by atoms with Crippen LogP contribution in [0.4, 0.5) is 0 Å². The van der Waals surface area contributed by atoms with Crippen LogP contribution in [-0.4, -0.2) is 53.3 Å². The average Bonchev–Trinajstić information content (AvgIpc) is 3.16. The number of hydrogen-bond donors (Lipinski definition) is 0. The number of carbonyl (C=O) groups excluding carboxylic acids is 2. The summed E-state index contributed by atoms with van der Waals surface area (Å²) in [6.45, 7) is 0.723. The summed E-state index contributed by atoms with van der Waals surface area (Å²) < 4.78 is 0. The van der Waals surface area contributed by atoms with Gasteiger partial charge in [-0.2, -0.15) is 0 Å². The summed E-state index contributed by atoms with van der Waals surface area (Å²) in [5.74, 6) is 0.127. The van der Waals surface area contributed by atoms with Crippen LogP contribution in [0, 0.1) is 0 Å². The topological polar surface area (TPSA) is 53.5 Å². The first-order valence-corrected chi connectivity index (χ1v) is 7.99. The van der Waals surface area contributed by atoms with Crippen molar-refractivity contribution in [2.24, 2.45) is 0 Å². The largest absolute Gasteiger partial charge is 0.344 e. The van der Waals surface area contributed by atoms with Crippen LogP contribution in [0.25, 0.3) is 0 Å². The van der Waals surface area contributed by atoms with Crippen molar-refractivity contribution in [3.63, 3.8) is 0 Å². The lowest BCUT2D eigenvalue weighted by Crippen LogP contribution is -2.50. The van der Waals surface area contributed by atoms with Crippen molar-refractivity contribution in [2.45, 2.75) is 43.6 Å². The smallest absolute Gasteiger partial charge is 0.245 e. The maximum atomic E-state index is 13.2. The second-order valence-electron chi connectivity index (χ2n) is 6.51. The van der Waals surface area contributed by atoms with E-state index in [2.05, 4.69) is 4.98 Å². The van der Waals surface area contributed by atoms with Crippen LogP contribution >= 0.6 is 0 Å². The van der Waals surface area contributed by atoms with Crippen molar-refractivity contribution >= 4 is 11.8 Å². The van der Waals surface area contributed by atoms with Crippen molar-refractivity contribution in [1.29, 1.82) is 0 Å². The average molecular weight is 301 g/mol. The molecule has 0 radical (unpaired) electrons. The van der Waals surface area contributed by atoms with E-state index in [1.165, 1.54) is 0 Å². The molecule has 1 aliphatic carbocycles. The van der Waals surface area contributed by atoms with Crippen LogP contribution in [0.2, 0.25) is 0 Å². The summed E-state index contributed by atoms with van der Waals surface area (Å²) in [5, 5.41) is 0. The van der Waals surface area contributed by atoms with Gasteiger partial charge in [-0.25, -0.2) is 0 Å². The van der Waals surface area contributed by atoms with E-state index in [9.17, 15) is 9.59 Å². The van der Waals surface area contributed by atoms with Gasteiger partial charge >= 0.3 is 0 Å². The van der Waals surface area contributed by atoms with E-state index >= 15 is 0 Å². The van der Waals surface area contributed by atoms with Crippen molar-refractivity contribution in [3.8, 4) is 0 Å². The van der Waals surface area contributed by atoms with Gasteiger partial charge < -0.3 is 9.80 Å². The molecule has 2 aliphatic rings. The van der Waals surface area contributed by atoms with Crippen LogP contribution in [-0.2, 0) is 15.0 Å². The van der Waals surface area contributed by atoms with Gasteiger partial charge in [-0.05, 0) is 30.9 Å². The fourth-order valence-electron chi connectivity index (χ4n) is 3.89. The zero-order chi connectivity index (χ0) is 15.7. The van der Waals surface area contributed by atoms with E-state index in [1.807, 2.05) is 12.1 Å². The van der Waals surface area contributed by atoms with Gasteiger partial charge in [-0.1, -0.05) is 18.9 Å². The summed E-state index contributed by atoms with van der Waals surface area (Å²) in [6, 6.07) is 3.57. The van der Waals surface area contributed by atoms with E-state index in [0.717, 1.165) is 44.2 Å². The van der Waals surface area contributed by atoms with Gasteiger partial charge in [0.15, 0.2) is 0 Å². The van der Waals surface area contributed by atoms with Gasteiger partial charge in [0, 0.05) is 33.0 Å². The Morgan fingerprint density at radius 1 is 1.41 bits per heavy atom. The second-order valence-corrected chi connectivity index (χ2v) is 6.51. The molecule has 3 rings (SSSR count). The lowest BCUT2D eigenvalue weighted by Gasteiger charge is -2.35. The van der Waals surface area contributed by atoms with Gasteiger partial charge in [0.25, 0.3) is 0 Å². The summed E-state index contributed by atoms with van der Waals surface area (Å²) in [5.41, 5.74) is 0.493. The van der Waals surface area contributed by atoms with Gasteiger partial charge in [0.1, 0.15) is 6.04 Å². The highest BCUT2D eigenvalue weighted by atomic mass is 16.2. The molecule has 118 valence electrons. The molecule has 5 nitrogen and oxygen atoms in total. The molecule has 1 aromatic rings. The Hall–Kier alpha value is -1.91. The van der Waals surface area contributed by atoms with Gasteiger partial charge in [0.05, 0.1) is 5.41 Å². The lowest BCUT2D eigenvalue weighted by molar-refractivity contribution is -0.144. The third-order valence-corrected chi connectivity index (χ3v) is 5.27. The highest BCUT2D eigenvalue weighted by Gasteiger charge is 2.47. The third-order valence-electron chi connectivity index (χ3n) is 5.27. The van der Waals surface area contributed by atoms with Crippen LogP contribution in [0.3, 0.4) is 0 Å². The molecule has 22 heavy (non-hydrogen) atoms. The SMILES string of the molecule is CN1CCC(N(C)C(=O)C2(c3cccnc3)CCCC2)C1=O. The van der Waals surface area contributed by atoms with E-state index < -0.39 is 5.41 Å². The van der Waals surface area contributed by atoms with E-state index in [1.54, 1.807) is 36.3 Å². The van der Waals surface area contributed by atoms with Gasteiger partial charge in [-0.3, -0.25) is 14.6 Å². The zero-order valence-corrected chi connectivity index (χ0v) is 13.3. The van der Waals surface area contributed by atoms with Gasteiger partial charge in [0.2, 0.25) is 11.8 Å². The minimum Gasteiger partial charge on any atom is -0.344 e. The predicted molar refractivity (Wildman–Crippen MR) is 83.2 cm³/mol. The van der Waals surface area contributed by atoms with Crippen molar-refractivity contribution in [1.82, 2.24) is 14.8 Å². The van der Waals surface area contributed by atoms with Gasteiger partial charge in [-0.15, -0.1) is 0 Å². The number of aromatic nitrogens is 1. The highest BCUT2D eigenvalue weighted by Crippen LogP contribution is 2.42. The molecule has 1 aromatic heterocycles. The normalized spacial score (nSPS) is 23.8. The van der Waals surface area contributed by atoms with Crippen molar-refractivity contribution in [3.05, 3.63) is 30.1 Å². The number of likely N-dealkylation sites (N-methyl/N-ethyl adjacent to an activating group) is 2. The first kappa shape index (κ1) is 15.0. The molecule has 5 heteroatoms. The number of amides is 2. The fraction of sp³-hybridized carbons (Fsp3) is 0.588. The third kappa shape index (κ3) is 2.28. The molecule has 1 aliphatic heterocycles. The van der Waals surface area contributed by atoms with Crippen LogP contribution in [0.5, 0.6) is 0 Å². The Bertz CT molecular complexity index is 567. The molecule has 2 fully saturated rings. The van der Waals surface area contributed by atoms with Crippen LogP contribution < -0.4 is 0 Å². The number of carbonyl (C=O) groups is 2. The highest BCUT2D eigenvalue weighted by molar-refractivity contribution is 5.94. The summed E-state index contributed by atoms with van der Waals surface area (Å²) in [4.78, 5) is 33.0. The maximum Gasteiger partial charge on any atom is 0.245 e. The summed E-state index contributed by atoms with van der Waals surface area (Å²) >= 11 is 0. The zero-order valence-electron chi connectivity index (χ0n) is 13.3. The lowest BCUT2D eigenvalue weighted by atomic mass is 9.78. The minimum absolute atomic E-state index is 0.0511. The van der Waals surface area contributed by atoms with Crippen molar-refractivity contribution < 1.29 is 9.59 Å². The first-order valence-electron chi connectivity index (χ1n) is 7.99. The minimum atomic E-state index is -0.496. The summed E-state index contributed by atoms with van der Waals surface area (Å²) in [7, 11) is 3.58. The molecule has 0 bridgehead atoms. The van der Waals surface area contributed by atoms with Crippen LogP contribution in [0.15, 0.2) is 24.5 Å². The predicted octanol–water partition coefficient (Wildman–Crippen LogP) is 1.58. The monoisotopic (exact) mass is 301 g/mol. The maximum absolute atomic E-state index is 13.2. The summed E-state index contributed by atoms with van der Waals surface area (Å²) in [6.07, 6.45) is 8.05. The molecule has 0 spiro atoms. The Kier molecular flexibility index (Phi) is 3.89. The Morgan fingerprint density at radius 2 is 2.14 bits per heavy atom. The number of rotatable bonds is 3. The molecule has 1 saturated carbocycles. The number of pyridine rings is 1. The molecule has 1 unspecified atom stereocenters. The Morgan fingerprint density at radius 3 is 2.68 bits per heavy atom.